The second kappa shape index (κ2) is 5.41. The van der Waals surface area contributed by atoms with Crippen LogP contribution in [-0.4, -0.2) is 17.1 Å². The molecule has 2 rings (SSSR count). The van der Waals surface area contributed by atoms with Gasteiger partial charge in [0, 0.05) is 22.3 Å². The number of carbonyl (C=O) groups is 1. The van der Waals surface area contributed by atoms with Gasteiger partial charge in [0.05, 0.1) is 6.42 Å². The Bertz CT molecular complexity index is 425. The molecule has 18 heavy (non-hydrogen) atoms. The molecule has 1 heterocycles. The molecule has 0 amide bonds. The number of hydrogen-bond donors (Lipinski definition) is 2. The van der Waals surface area contributed by atoms with Crippen molar-refractivity contribution in [1.29, 1.82) is 0 Å². The van der Waals surface area contributed by atoms with E-state index >= 15 is 0 Å². The van der Waals surface area contributed by atoms with Crippen molar-refractivity contribution < 1.29 is 9.90 Å². The van der Waals surface area contributed by atoms with Crippen LogP contribution in [0.3, 0.4) is 0 Å². The van der Waals surface area contributed by atoms with Gasteiger partial charge in [-0.05, 0) is 30.4 Å². The van der Waals surface area contributed by atoms with Crippen LogP contribution < -0.4 is 5.32 Å². The van der Waals surface area contributed by atoms with Crippen molar-refractivity contribution in [1.82, 2.24) is 5.32 Å². The lowest BCUT2D eigenvalue weighted by atomic mass is 9.87. The summed E-state index contributed by atoms with van der Waals surface area (Å²) in [4.78, 5) is 12.8. The molecule has 1 fully saturated rings. The fourth-order valence-corrected chi connectivity index (χ4v) is 3.65. The minimum absolute atomic E-state index is 0.138. The molecule has 1 atom stereocenters. The molecule has 1 aromatic rings. The molecule has 4 heteroatoms. The van der Waals surface area contributed by atoms with Crippen molar-refractivity contribution in [3.05, 3.63) is 21.9 Å². The Hall–Kier alpha value is -0.870. The normalized spacial score (nSPS) is 22.2. The Labute approximate surface area is 112 Å². The van der Waals surface area contributed by atoms with Gasteiger partial charge in [-0.1, -0.05) is 20.3 Å². The fourth-order valence-electron chi connectivity index (χ4n) is 2.69. The summed E-state index contributed by atoms with van der Waals surface area (Å²) >= 11 is 1.60. The van der Waals surface area contributed by atoms with Gasteiger partial charge in [-0.3, -0.25) is 4.79 Å². The molecule has 0 aromatic carbocycles. The molecule has 1 unspecified atom stereocenters. The number of thiophene rings is 1. The monoisotopic (exact) mass is 267 g/mol. The minimum atomic E-state index is -0.756. The molecule has 0 saturated heterocycles. The van der Waals surface area contributed by atoms with Crippen molar-refractivity contribution in [2.75, 3.05) is 0 Å². The lowest BCUT2D eigenvalue weighted by Crippen LogP contribution is -2.36. The molecular formula is C14H21NO2S. The average Bonchev–Trinajstić information content (AvgIpc) is 2.81. The standard InChI is InChI=1S/C14H21NO2S/c1-14(2)7-3-4-12(14)15-9-11-6-5-10(18-11)8-13(16)17/h5-6,12,15H,3-4,7-9H2,1-2H3,(H,16,17). The summed E-state index contributed by atoms with van der Waals surface area (Å²) in [5.41, 5.74) is 0.390. The van der Waals surface area contributed by atoms with E-state index in [2.05, 4.69) is 19.2 Å². The van der Waals surface area contributed by atoms with Gasteiger partial charge in [-0.15, -0.1) is 11.3 Å². The maximum absolute atomic E-state index is 10.6. The Kier molecular flexibility index (Phi) is 4.07. The van der Waals surface area contributed by atoms with Gasteiger partial charge in [0.2, 0.25) is 0 Å². The number of carboxylic acid groups (broad SMARTS) is 1. The first-order valence-electron chi connectivity index (χ1n) is 6.50. The van der Waals surface area contributed by atoms with E-state index in [1.54, 1.807) is 11.3 Å². The van der Waals surface area contributed by atoms with Crippen LogP contribution in [-0.2, 0) is 17.8 Å². The van der Waals surface area contributed by atoms with Crippen LogP contribution in [0.4, 0.5) is 0 Å². The summed E-state index contributed by atoms with van der Waals surface area (Å²) in [6.07, 6.45) is 3.98. The summed E-state index contributed by atoms with van der Waals surface area (Å²) < 4.78 is 0. The lowest BCUT2D eigenvalue weighted by Gasteiger charge is -2.27. The van der Waals surface area contributed by atoms with Crippen LogP contribution in [0.15, 0.2) is 12.1 Å². The molecular weight excluding hydrogens is 246 g/mol. The molecule has 0 aliphatic heterocycles. The molecule has 0 bridgehead atoms. The fraction of sp³-hybridized carbons (Fsp3) is 0.643. The molecule has 1 aliphatic rings. The maximum Gasteiger partial charge on any atom is 0.308 e. The molecule has 100 valence electrons. The minimum Gasteiger partial charge on any atom is -0.481 e. The highest BCUT2D eigenvalue weighted by atomic mass is 32.1. The number of hydrogen-bond acceptors (Lipinski definition) is 3. The third-order valence-electron chi connectivity index (χ3n) is 3.82. The van der Waals surface area contributed by atoms with Crippen molar-refractivity contribution in [2.45, 2.75) is 52.1 Å². The van der Waals surface area contributed by atoms with E-state index in [1.165, 1.54) is 24.1 Å². The number of nitrogens with one attached hydrogen (secondary N) is 1. The van der Waals surface area contributed by atoms with Gasteiger partial charge in [0.15, 0.2) is 0 Å². The first-order chi connectivity index (χ1) is 8.47. The van der Waals surface area contributed by atoms with Crippen molar-refractivity contribution in [2.24, 2.45) is 5.41 Å². The summed E-state index contributed by atoms with van der Waals surface area (Å²) in [5.74, 6) is -0.756. The summed E-state index contributed by atoms with van der Waals surface area (Å²) in [6, 6.07) is 4.55. The van der Waals surface area contributed by atoms with Gasteiger partial charge in [0.1, 0.15) is 0 Å². The van der Waals surface area contributed by atoms with Crippen LogP contribution in [0, 0.1) is 5.41 Å². The summed E-state index contributed by atoms with van der Waals surface area (Å²) in [5, 5.41) is 12.4. The van der Waals surface area contributed by atoms with Crippen molar-refractivity contribution >= 4 is 17.3 Å². The molecule has 3 nitrogen and oxygen atoms in total. The van der Waals surface area contributed by atoms with E-state index in [0.29, 0.717) is 11.5 Å². The van der Waals surface area contributed by atoms with Crippen LogP contribution in [0.2, 0.25) is 0 Å². The van der Waals surface area contributed by atoms with Crippen LogP contribution in [0.25, 0.3) is 0 Å². The van der Waals surface area contributed by atoms with Crippen molar-refractivity contribution in [3.8, 4) is 0 Å². The Morgan fingerprint density at radius 3 is 2.83 bits per heavy atom. The third-order valence-corrected chi connectivity index (χ3v) is 4.91. The van der Waals surface area contributed by atoms with Crippen LogP contribution >= 0.6 is 11.3 Å². The topological polar surface area (TPSA) is 49.3 Å². The Morgan fingerprint density at radius 2 is 2.22 bits per heavy atom. The molecule has 1 aliphatic carbocycles. The second-order valence-electron chi connectivity index (χ2n) is 5.75. The quantitative estimate of drug-likeness (QED) is 0.862. The third kappa shape index (κ3) is 3.33. The van der Waals surface area contributed by atoms with Gasteiger partial charge in [0.25, 0.3) is 0 Å². The van der Waals surface area contributed by atoms with Crippen LogP contribution in [0.1, 0.15) is 42.9 Å². The van der Waals surface area contributed by atoms with Crippen molar-refractivity contribution in [3.63, 3.8) is 0 Å². The zero-order valence-electron chi connectivity index (χ0n) is 11.0. The lowest BCUT2D eigenvalue weighted by molar-refractivity contribution is -0.136. The van der Waals surface area contributed by atoms with E-state index < -0.39 is 5.97 Å². The van der Waals surface area contributed by atoms with E-state index in [1.807, 2.05) is 12.1 Å². The first kappa shape index (κ1) is 13.6. The number of rotatable bonds is 5. The van der Waals surface area contributed by atoms with Gasteiger partial charge >= 0.3 is 5.97 Å². The highest BCUT2D eigenvalue weighted by Gasteiger charge is 2.33. The molecule has 1 saturated carbocycles. The zero-order chi connectivity index (χ0) is 13.2. The molecule has 0 radical (unpaired) electrons. The van der Waals surface area contributed by atoms with E-state index in [9.17, 15) is 4.79 Å². The highest BCUT2D eigenvalue weighted by Crippen LogP contribution is 2.37. The smallest absolute Gasteiger partial charge is 0.308 e. The van der Waals surface area contributed by atoms with Crippen LogP contribution in [0.5, 0.6) is 0 Å². The predicted octanol–water partition coefficient (Wildman–Crippen LogP) is 3.04. The highest BCUT2D eigenvalue weighted by molar-refractivity contribution is 7.12. The Morgan fingerprint density at radius 1 is 1.50 bits per heavy atom. The van der Waals surface area contributed by atoms with E-state index in [0.717, 1.165) is 11.4 Å². The predicted molar refractivity (Wildman–Crippen MR) is 73.9 cm³/mol. The molecule has 1 aromatic heterocycles. The number of carboxylic acids is 1. The molecule has 2 N–H and O–H groups in total. The van der Waals surface area contributed by atoms with E-state index in [-0.39, 0.29) is 6.42 Å². The summed E-state index contributed by atoms with van der Waals surface area (Å²) in [6.45, 7) is 5.50. The average molecular weight is 267 g/mol. The Balaban J connectivity index is 1.87. The largest absolute Gasteiger partial charge is 0.481 e. The van der Waals surface area contributed by atoms with E-state index in [4.69, 9.17) is 5.11 Å². The number of aliphatic carboxylic acids is 1. The summed E-state index contributed by atoms with van der Waals surface area (Å²) in [7, 11) is 0. The maximum atomic E-state index is 10.6. The zero-order valence-corrected chi connectivity index (χ0v) is 11.8. The van der Waals surface area contributed by atoms with Gasteiger partial charge < -0.3 is 10.4 Å². The van der Waals surface area contributed by atoms with Gasteiger partial charge in [-0.2, -0.15) is 0 Å². The van der Waals surface area contributed by atoms with Gasteiger partial charge in [-0.25, -0.2) is 0 Å². The second-order valence-corrected chi connectivity index (χ2v) is 7.01. The SMILES string of the molecule is CC1(C)CCCC1NCc1ccc(CC(=O)O)s1. The molecule has 0 spiro atoms. The first-order valence-corrected chi connectivity index (χ1v) is 7.32.